The maximum atomic E-state index is 4.91. The number of aromatic amines is 1. The standard InChI is InChI=1S/C17H19N5O/c1-2-5-13(6-3-1)16-18-17(20-19-16)14-7-4-9-22(11-14)12-15-8-10-23-21-15/h1-3,5-6,8,10,14H,4,7,9,11-12H2,(H,18,19,20)/t14-/m0/s1. The summed E-state index contributed by atoms with van der Waals surface area (Å²) in [4.78, 5) is 7.11. The molecule has 1 aliphatic rings. The summed E-state index contributed by atoms with van der Waals surface area (Å²) in [5.74, 6) is 2.14. The van der Waals surface area contributed by atoms with Crippen LogP contribution in [0.5, 0.6) is 0 Å². The van der Waals surface area contributed by atoms with Crippen molar-refractivity contribution < 1.29 is 4.52 Å². The van der Waals surface area contributed by atoms with Gasteiger partial charge in [0.25, 0.3) is 0 Å². The number of likely N-dealkylation sites (tertiary alicyclic amines) is 1. The average molecular weight is 309 g/mol. The molecule has 1 aliphatic heterocycles. The number of aromatic nitrogens is 4. The van der Waals surface area contributed by atoms with E-state index in [1.807, 2.05) is 36.4 Å². The van der Waals surface area contributed by atoms with Gasteiger partial charge in [0.2, 0.25) is 0 Å². The maximum Gasteiger partial charge on any atom is 0.181 e. The molecule has 118 valence electrons. The molecule has 1 saturated heterocycles. The Labute approximate surface area is 134 Å². The topological polar surface area (TPSA) is 70.8 Å². The van der Waals surface area contributed by atoms with Crippen LogP contribution in [-0.4, -0.2) is 38.3 Å². The number of nitrogens with one attached hydrogen (secondary N) is 1. The van der Waals surface area contributed by atoms with Crippen molar-refractivity contribution in [3.05, 3.63) is 54.2 Å². The van der Waals surface area contributed by atoms with Crippen LogP contribution in [-0.2, 0) is 6.54 Å². The van der Waals surface area contributed by atoms with E-state index in [1.54, 1.807) is 6.26 Å². The fourth-order valence-electron chi connectivity index (χ4n) is 3.14. The second kappa shape index (κ2) is 6.34. The van der Waals surface area contributed by atoms with Crippen molar-refractivity contribution in [2.75, 3.05) is 13.1 Å². The second-order valence-corrected chi connectivity index (χ2v) is 5.98. The highest BCUT2D eigenvalue weighted by atomic mass is 16.5. The van der Waals surface area contributed by atoms with Crippen molar-refractivity contribution >= 4 is 0 Å². The van der Waals surface area contributed by atoms with Crippen LogP contribution in [0.3, 0.4) is 0 Å². The summed E-state index contributed by atoms with van der Waals surface area (Å²) in [6.07, 6.45) is 3.92. The lowest BCUT2D eigenvalue weighted by Gasteiger charge is -2.30. The molecule has 1 N–H and O–H groups in total. The van der Waals surface area contributed by atoms with Crippen LogP contribution in [0.2, 0.25) is 0 Å². The molecule has 4 rings (SSSR count). The molecule has 0 spiro atoms. The summed E-state index contributed by atoms with van der Waals surface area (Å²) in [7, 11) is 0. The van der Waals surface area contributed by atoms with Gasteiger partial charge in [-0.3, -0.25) is 10.00 Å². The van der Waals surface area contributed by atoms with Crippen LogP contribution in [0.25, 0.3) is 11.4 Å². The molecule has 6 heteroatoms. The minimum Gasteiger partial charge on any atom is -0.364 e. The first kappa shape index (κ1) is 14.1. The van der Waals surface area contributed by atoms with Gasteiger partial charge in [0.1, 0.15) is 12.1 Å². The number of nitrogens with zero attached hydrogens (tertiary/aromatic N) is 4. The molecule has 0 aliphatic carbocycles. The van der Waals surface area contributed by atoms with E-state index in [0.29, 0.717) is 5.92 Å². The van der Waals surface area contributed by atoms with Crippen LogP contribution in [0.4, 0.5) is 0 Å². The SMILES string of the molecule is c1ccc(-c2n[nH]c([C@H]3CCCN(Cc4ccon4)C3)n2)cc1. The molecule has 1 fully saturated rings. The Morgan fingerprint density at radius 3 is 2.96 bits per heavy atom. The molecule has 0 bridgehead atoms. The van der Waals surface area contributed by atoms with Crippen LogP contribution >= 0.6 is 0 Å². The van der Waals surface area contributed by atoms with Crippen molar-refractivity contribution in [3.8, 4) is 11.4 Å². The van der Waals surface area contributed by atoms with Gasteiger partial charge >= 0.3 is 0 Å². The van der Waals surface area contributed by atoms with Crippen molar-refractivity contribution in [2.24, 2.45) is 0 Å². The molecule has 1 aromatic carbocycles. The molecular weight excluding hydrogens is 290 g/mol. The third kappa shape index (κ3) is 3.17. The molecule has 6 nitrogen and oxygen atoms in total. The van der Waals surface area contributed by atoms with Crippen LogP contribution in [0, 0.1) is 0 Å². The lowest BCUT2D eigenvalue weighted by Crippen LogP contribution is -2.34. The molecular formula is C17H19N5O. The molecule has 0 unspecified atom stereocenters. The highest BCUT2D eigenvalue weighted by Crippen LogP contribution is 2.26. The van der Waals surface area contributed by atoms with E-state index in [9.17, 15) is 0 Å². The van der Waals surface area contributed by atoms with E-state index in [4.69, 9.17) is 9.51 Å². The first-order chi connectivity index (χ1) is 11.4. The predicted octanol–water partition coefficient (Wildman–Crippen LogP) is 2.84. The molecule has 2 aromatic heterocycles. The molecule has 0 amide bonds. The van der Waals surface area contributed by atoms with Gasteiger partial charge in [-0.25, -0.2) is 4.98 Å². The van der Waals surface area contributed by atoms with Crippen molar-refractivity contribution in [1.82, 2.24) is 25.2 Å². The average Bonchev–Trinajstić information content (AvgIpc) is 3.28. The Morgan fingerprint density at radius 2 is 2.13 bits per heavy atom. The van der Waals surface area contributed by atoms with Crippen molar-refractivity contribution in [3.63, 3.8) is 0 Å². The molecule has 1 atom stereocenters. The predicted molar refractivity (Wildman–Crippen MR) is 85.6 cm³/mol. The van der Waals surface area contributed by atoms with Crippen LogP contribution < -0.4 is 0 Å². The number of benzene rings is 1. The number of hydrogen-bond donors (Lipinski definition) is 1. The molecule has 0 radical (unpaired) electrons. The molecule has 0 saturated carbocycles. The molecule has 3 aromatic rings. The van der Waals surface area contributed by atoms with Gasteiger partial charge in [0.05, 0.1) is 5.69 Å². The summed E-state index contributed by atoms with van der Waals surface area (Å²) >= 11 is 0. The van der Waals surface area contributed by atoms with E-state index >= 15 is 0 Å². The van der Waals surface area contributed by atoms with Crippen molar-refractivity contribution in [2.45, 2.75) is 25.3 Å². The van der Waals surface area contributed by atoms with E-state index < -0.39 is 0 Å². The number of H-pyrrole nitrogens is 1. The Morgan fingerprint density at radius 1 is 1.22 bits per heavy atom. The summed E-state index contributed by atoms with van der Waals surface area (Å²) in [5.41, 5.74) is 2.03. The summed E-state index contributed by atoms with van der Waals surface area (Å²) in [6, 6.07) is 12.0. The molecule has 23 heavy (non-hydrogen) atoms. The first-order valence-corrected chi connectivity index (χ1v) is 7.98. The number of rotatable bonds is 4. The van der Waals surface area contributed by atoms with Gasteiger partial charge < -0.3 is 4.52 Å². The zero-order valence-corrected chi connectivity index (χ0v) is 12.9. The summed E-state index contributed by atoms with van der Waals surface area (Å²) < 4.78 is 4.91. The van der Waals surface area contributed by atoms with E-state index in [2.05, 4.69) is 20.3 Å². The van der Waals surface area contributed by atoms with Gasteiger partial charge in [0.15, 0.2) is 5.82 Å². The normalized spacial score (nSPS) is 19.0. The lowest BCUT2D eigenvalue weighted by atomic mass is 9.97. The van der Waals surface area contributed by atoms with Crippen LogP contribution in [0.15, 0.2) is 47.2 Å². The second-order valence-electron chi connectivity index (χ2n) is 5.98. The Kier molecular flexibility index (Phi) is 3.90. The Hall–Kier alpha value is -2.47. The third-order valence-corrected chi connectivity index (χ3v) is 4.30. The Bertz CT molecular complexity index is 737. The summed E-state index contributed by atoms with van der Waals surface area (Å²) in [5, 5.41) is 11.5. The lowest BCUT2D eigenvalue weighted by molar-refractivity contribution is 0.192. The van der Waals surface area contributed by atoms with E-state index in [0.717, 1.165) is 55.4 Å². The van der Waals surface area contributed by atoms with Gasteiger partial charge in [-0.2, -0.15) is 5.10 Å². The largest absolute Gasteiger partial charge is 0.364 e. The minimum absolute atomic E-state index is 0.389. The fraction of sp³-hybridized carbons (Fsp3) is 0.353. The van der Waals surface area contributed by atoms with Gasteiger partial charge in [-0.05, 0) is 19.4 Å². The molecule has 3 heterocycles. The number of piperidine rings is 1. The van der Waals surface area contributed by atoms with Crippen molar-refractivity contribution in [1.29, 1.82) is 0 Å². The highest BCUT2D eigenvalue weighted by molar-refractivity contribution is 5.53. The van der Waals surface area contributed by atoms with E-state index in [-0.39, 0.29) is 0 Å². The summed E-state index contributed by atoms with van der Waals surface area (Å²) in [6.45, 7) is 2.88. The third-order valence-electron chi connectivity index (χ3n) is 4.30. The van der Waals surface area contributed by atoms with Gasteiger partial charge in [-0.15, -0.1) is 0 Å². The smallest absolute Gasteiger partial charge is 0.181 e. The monoisotopic (exact) mass is 309 g/mol. The zero-order valence-electron chi connectivity index (χ0n) is 12.9. The quantitative estimate of drug-likeness (QED) is 0.802. The van der Waals surface area contributed by atoms with Gasteiger partial charge in [0, 0.05) is 30.6 Å². The van der Waals surface area contributed by atoms with Gasteiger partial charge in [-0.1, -0.05) is 35.5 Å². The van der Waals surface area contributed by atoms with E-state index in [1.165, 1.54) is 0 Å². The first-order valence-electron chi connectivity index (χ1n) is 7.98. The Balaban J connectivity index is 1.46. The number of hydrogen-bond acceptors (Lipinski definition) is 5. The van der Waals surface area contributed by atoms with Crippen LogP contribution in [0.1, 0.15) is 30.3 Å². The maximum absolute atomic E-state index is 4.91. The fourth-order valence-corrected chi connectivity index (χ4v) is 3.14. The minimum atomic E-state index is 0.389. The zero-order chi connectivity index (χ0) is 15.5. The highest BCUT2D eigenvalue weighted by Gasteiger charge is 2.24.